The molecule has 1 atom stereocenters. The third-order valence-corrected chi connectivity index (χ3v) is 2.67. The van der Waals surface area contributed by atoms with Crippen molar-refractivity contribution in [2.75, 3.05) is 0 Å². The van der Waals surface area contributed by atoms with Gasteiger partial charge in [0.05, 0.1) is 0 Å². The fraction of sp³-hybridized carbons (Fsp3) is 0.769. The Morgan fingerprint density at radius 2 is 1.62 bits per heavy atom. The maximum atomic E-state index is 11.3. The second-order valence-corrected chi connectivity index (χ2v) is 4.50. The summed E-state index contributed by atoms with van der Waals surface area (Å²) in [6.07, 6.45) is 4.89. The van der Waals surface area contributed by atoms with Crippen LogP contribution in [0.5, 0.6) is 0 Å². The molecule has 0 aliphatic rings. The van der Waals surface area contributed by atoms with Crippen molar-refractivity contribution in [1.29, 1.82) is 0 Å². The molecule has 114 valence electrons. The van der Waals surface area contributed by atoms with Crippen LogP contribution in [0, 0.1) is 0 Å². The molecule has 0 fully saturated rings. The molecule has 0 radical (unpaired) electrons. The van der Waals surface area contributed by atoms with Crippen molar-refractivity contribution < 1.29 is 24.2 Å². The number of hydrogen-bond donors (Lipinski definition) is 2. The molecule has 0 saturated carbocycles. The van der Waals surface area contributed by atoms with Crippen molar-refractivity contribution in [2.24, 2.45) is 5.73 Å². The Balaban J connectivity index is -0.00000162. The van der Waals surface area contributed by atoms with Gasteiger partial charge in [0.1, 0.15) is 6.04 Å². The predicted octanol–water partition coefficient (Wildman–Crippen LogP) is 0.312. The van der Waals surface area contributed by atoms with Crippen molar-refractivity contribution in [3.63, 3.8) is 0 Å². The number of carbonyl (C=O) groups excluding carboxylic acids is 2. The summed E-state index contributed by atoms with van der Waals surface area (Å²) in [6.45, 7) is 2.10. The van der Waals surface area contributed by atoms with E-state index >= 15 is 0 Å². The zero-order chi connectivity index (χ0) is 14.7. The quantitative estimate of drug-likeness (QED) is 0.253. The maximum absolute atomic E-state index is 11.3. The SMILES string of the molecule is CCCCCCCC(=O)OC(=O)C(N)CCC(=O)O.[KH].[KH]. The standard InChI is InChI=1S/C13H23NO5.2K.2H/c1-2-3-4-5-6-7-12(17)19-13(18)10(14)8-9-11(15)16;;;;/h10H,2-9,14H2,1H3,(H,15,16);;;;. The van der Waals surface area contributed by atoms with Gasteiger partial charge < -0.3 is 15.6 Å². The molecular weight excluding hydrogens is 328 g/mol. The van der Waals surface area contributed by atoms with Crippen LogP contribution in [0.1, 0.15) is 58.3 Å². The molecule has 0 aromatic carbocycles. The third kappa shape index (κ3) is 18.0. The van der Waals surface area contributed by atoms with Gasteiger partial charge >= 0.3 is 121 Å². The fourth-order valence-electron chi connectivity index (χ4n) is 1.51. The summed E-state index contributed by atoms with van der Waals surface area (Å²) in [7, 11) is 0. The van der Waals surface area contributed by atoms with Gasteiger partial charge in [-0.1, -0.05) is 32.6 Å². The number of carboxylic acid groups (broad SMARTS) is 1. The number of carboxylic acids is 1. The molecule has 8 heteroatoms. The zero-order valence-corrected chi connectivity index (χ0v) is 11.4. The third-order valence-electron chi connectivity index (χ3n) is 2.67. The molecule has 0 aliphatic carbocycles. The van der Waals surface area contributed by atoms with Gasteiger partial charge in [-0.15, -0.1) is 0 Å². The molecule has 3 N–H and O–H groups in total. The van der Waals surface area contributed by atoms with Gasteiger partial charge in [-0.05, 0) is 12.8 Å². The Bertz CT molecular complexity index is 313. The van der Waals surface area contributed by atoms with E-state index in [9.17, 15) is 14.4 Å². The van der Waals surface area contributed by atoms with E-state index in [1.807, 2.05) is 0 Å². The van der Waals surface area contributed by atoms with E-state index < -0.39 is 23.9 Å². The molecule has 21 heavy (non-hydrogen) atoms. The van der Waals surface area contributed by atoms with Gasteiger partial charge in [-0.2, -0.15) is 0 Å². The first-order valence-electron chi connectivity index (χ1n) is 6.69. The topological polar surface area (TPSA) is 107 Å². The van der Waals surface area contributed by atoms with Crippen LogP contribution in [0.4, 0.5) is 0 Å². The first-order chi connectivity index (χ1) is 8.97. The zero-order valence-electron chi connectivity index (χ0n) is 11.4. The molecule has 1 unspecified atom stereocenters. The molecule has 0 amide bonds. The van der Waals surface area contributed by atoms with E-state index in [2.05, 4.69) is 11.7 Å². The minimum absolute atomic E-state index is 0. The van der Waals surface area contributed by atoms with Crippen molar-refractivity contribution in [1.82, 2.24) is 0 Å². The van der Waals surface area contributed by atoms with Crippen LogP contribution in [-0.4, -0.2) is 132 Å². The molecule has 0 saturated heterocycles. The fourth-order valence-corrected chi connectivity index (χ4v) is 1.51. The number of hydrogen-bond acceptors (Lipinski definition) is 5. The first kappa shape index (κ1) is 27.7. The van der Waals surface area contributed by atoms with Gasteiger partial charge in [0, 0.05) is 12.8 Å². The van der Waals surface area contributed by atoms with Crippen LogP contribution >= 0.6 is 0 Å². The average Bonchev–Trinajstić information content (AvgIpc) is 2.35. The molecule has 0 heterocycles. The van der Waals surface area contributed by atoms with Crippen molar-refractivity contribution >= 4 is 121 Å². The van der Waals surface area contributed by atoms with Crippen LogP contribution in [0.15, 0.2) is 0 Å². The Hall–Kier alpha value is 1.84. The molecule has 0 aliphatic heterocycles. The van der Waals surface area contributed by atoms with Crippen molar-refractivity contribution in [2.45, 2.75) is 64.3 Å². The predicted molar refractivity (Wildman–Crippen MR) is 83.6 cm³/mol. The summed E-state index contributed by atoms with van der Waals surface area (Å²) in [5.41, 5.74) is 5.42. The minimum atomic E-state index is -1.06. The van der Waals surface area contributed by atoms with E-state index in [0.29, 0.717) is 6.42 Å². The molecular formula is C13H25K2NO5. The van der Waals surface area contributed by atoms with E-state index in [1.54, 1.807) is 0 Å². The summed E-state index contributed by atoms with van der Waals surface area (Å²) in [4.78, 5) is 33.0. The number of nitrogens with two attached hydrogens (primary N) is 1. The Labute approximate surface area is 211 Å². The van der Waals surface area contributed by atoms with E-state index in [4.69, 9.17) is 10.8 Å². The van der Waals surface area contributed by atoms with Gasteiger partial charge in [0.15, 0.2) is 0 Å². The van der Waals surface area contributed by atoms with Gasteiger partial charge in [0.25, 0.3) is 0 Å². The van der Waals surface area contributed by atoms with E-state index in [1.165, 1.54) is 0 Å². The summed E-state index contributed by atoms with van der Waals surface area (Å²) in [5, 5.41) is 8.44. The Kier molecular flexibility index (Phi) is 24.0. The average molecular weight is 354 g/mol. The van der Waals surface area contributed by atoms with Crippen molar-refractivity contribution in [3.8, 4) is 0 Å². The number of unbranched alkanes of at least 4 members (excludes halogenated alkanes) is 4. The van der Waals surface area contributed by atoms with Crippen LogP contribution < -0.4 is 5.73 Å². The molecule has 0 aromatic rings. The molecule has 6 nitrogen and oxygen atoms in total. The van der Waals surface area contributed by atoms with Crippen LogP contribution in [0.25, 0.3) is 0 Å². The monoisotopic (exact) mass is 353 g/mol. The number of aliphatic carboxylic acids is 1. The van der Waals surface area contributed by atoms with Gasteiger partial charge in [-0.3, -0.25) is 9.59 Å². The molecule has 0 aromatic heterocycles. The Morgan fingerprint density at radius 1 is 1.05 bits per heavy atom. The first-order valence-corrected chi connectivity index (χ1v) is 6.69. The molecule has 0 rings (SSSR count). The second kappa shape index (κ2) is 18.2. The molecule has 0 spiro atoms. The van der Waals surface area contributed by atoms with Crippen molar-refractivity contribution in [3.05, 3.63) is 0 Å². The number of ether oxygens (including phenoxy) is 1. The number of carbonyl (C=O) groups is 3. The van der Waals surface area contributed by atoms with Crippen LogP contribution in [-0.2, 0) is 19.1 Å². The van der Waals surface area contributed by atoms with Gasteiger partial charge in [0.2, 0.25) is 0 Å². The summed E-state index contributed by atoms with van der Waals surface area (Å²) < 4.78 is 4.56. The van der Waals surface area contributed by atoms with Crippen LogP contribution in [0.2, 0.25) is 0 Å². The summed E-state index contributed by atoms with van der Waals surface area (Å²) in [5.74, 6) is -2.47. The van der Waals surface area contributed by atoms with E-state index in [-0.39, 0.29) is 122 Å². The normalized spacial score (nSPS) is 10.8. The Morgan fingerprint density at radius 3 is 2.14 bits per heavy atom. The summed E-state index contributed by atoms with van der Waals surface area (Å²) >= 11 is 0. The van der Waals surface area contributed by atoms with E-state index in [0.717, 1.165) is 25.7 Å². The van der Waals surface area contributed by atoms with Crippen LogP contribution in [0.3, 0.4) is 0 Å². The second-order valence-electron chi connectivity index (χ2n) is 4.50. The summed E-state index contributed by atoms with van der Waals surface area (Å²) in [6, 6.07) is -1.06. The molecule has 0 bridgehead atoms. The number of esters is 2. The van der Waals surface area contributed by atoms with Gasteiger partial charge in [-0.25, -0.2) is 4.79 Å². The number of rotatable bonds is 10.